The summed E-state index contributed by atoms with van der Waals surface area (Å²) in [4.78, 5) is 13.1. The number of benzene rings is 1. The molecule has 1 rings (SSSR count). The van der Waals surface area contributed by atoms with Crippen LogP contribution < -0.4 is 10.5 Å². The summed E-state index contributed by atoms with van der Waals surface area (Å²) in [6.07, 6.45) is 1.11. The lowest BCUT2D eigenvalue weighted by Gasteiger charge is -2.15. The molecule has 1 atom stereocenters. The van der Waals surface area contributed by atoms with E-state index >= 15 is 0 Å². The van der Waals surface area contributed by atoms with Crippen molar-refractivity contribution in [1.82, 2.24) is 4.90 Å². The van der Waals surface area contributed by atoms with Gasteiger partial charge in [-0.1, -0.05) is 12.1 Å². The van der Waals surface area contributed by atoms with Crippen molar-refractivity contribution in [3.05, 3.63) is 28.2 Å². The summed E-state index contributed by atoms with van der Waals surface area (Å²) in [5, 5.41) is 0. The fourth-order valence-corrected chi connectivity index (χ4v) is 2.21. The van der Waals surface area contributed by atoms with Gasteiger partial charge in [0, 0.05) is 20.1 Å². The van der Waals surface area contributed by atoms with Crippen LogP contribution in [0, 0.1) is 0 Å². The normalized spacial score (nSPS) is 12.1. The highest BCUT2D eigenvalue weighted by molar-refractivity contribution is 9.10. The second kappa shape index (κ2) is 7.50. The highest BCUT2D eigenvalue weighted by Gasteiger charge is 2.11. The minimum absolute atomic E-state index is 0.0563. The summed E-state index contributed by atoms with van der Waals surface area (Å²) < 4.78 is 6.63. The molecular weight excluding hydrogens is 308 g/mol. The second-order valence-electron chi connectivity index (χ2n) is 4.80. The van der Waals surface area contributed by atoms with E-state index in [0.717, 1.165) is 22.2 Å². The van der Waals surface area contributed by atoms with E-state index in [9.17, 15) is 4.79 Å². The van der Waals surface area contributed by atoms with E-state index in [-0.39, 0.29) is 11.9 Å². The molecule has 0 aliphatic carbocycles. The standard InChI is InChI=1S/C14H21BrN2O2/c1-10(16)9-11-5-4-6-12(15)14(11)19-8-7-13(18)17(2)3/h4-6,10H,7-9,16H2,1-3H3. The van der Waals surface area contributed by atoms with Gasteiger partial charge < -0.3 is 15.4 Å². The van der Waals surface area contributed by atoms with Crippen LogP contribution in [-0.4, -0.2) is 37.6 Å². The van der Waals surface area contributed by atoms with Gasteiger partial charge in [-0.3, -0.25) is 4.79 Å². The van der Waals surface area contributed by atoms with Crippen molar-refractivity contribution in [1.29, 1.82) is 0 Å². The zero-order valence-corrected chi connectivity index (χ0v) is 13.2. The number of carbonyl (C=O) groups excluding carboxylic acids is 1. The summed E-state index contributed by atoms with van der Waals surface area (Å²) in [6, 6.07) is 5.95. The van der Waals surface area contributed by atoms with Gasteiger partial charge in [0.15, 0.2) is 0 Å². The van der Waals surface area contributed by atoms with Crippen LogP contribution in [0.1, 0.15) is 18.9 Å². The number of hydrogen-bond acceptors (Lipinski definition) is 3. The van der Waals surface area contributed by atoms with Crippen molar-refractivity contribution in [2.75, 3.05) is 20.7 Å². The van der Waals surface area contributed by atoms with Gasteiger partial charge in [-0.25, -0.2) is 0 Å². The quantitative estimate of drug-likeness (QED) is 0.870. The Morgan fingerprint density at radius 2 is 2.16 bits per heavy atom. The number of para-hydroxylation sites is 1. The Hall–Kier alpha value is -1.07. The molecule has 5 heteroatoms. The molecule has 106 valence electrons. The molecule has 2 N–H and O–H groups in total. The molecule has 0 spiro atoms. The molecule has 4 nitrogen and oxygen atoms in total. The Labute approximate surface area is 123 Å². The first-order valence-electron chi connectivity index (χ1n) is 6.27. The highest BCUT2D eigenvalue weighted by atomic mass is 79.9. The third kappa shape index (κ3) is 5.20. The molecule has 0 saturated heterocycles. The smallest absolute Gasteiger partial charge is 0.225 e. The van der Waals surface area contributed by atoms with Crippen LogP contribution in [0.5, 0.6) is 5.75 Å². The maximum absolute atomic E-state index is 11.5. The molecule has 0 saturated carbocycles. The van der Waals surface area contributed by atoms with Crippen molar-refractivity contribution in [3.63, 3.8) is 0 Å². The van der Waals surface area contributed by atoms with E-state index in [1.54, 1.807) is 19.0 Å². The predicted molar refractivity (Wildman–Crippen MR) is 80.3 cm³/mol. The molecule has 1 unspecified atom stereocenters. The van der Waals surface area contributed by atoms with Gasteiger partial charge in [0.25, 0.3) is 0 Å². The molecule has 1 amide bonds. The second-order valence-corrected chi connectivity index (χ2v) is 5.65. The lowest BCUT2D eigenvalue weighted by Crippen LogP contribution is -2.23. The molecule has 19 heavy (non-hydrogen) atoms. The number of nitrogens with two attached hydrogens (primary N) is 1. The number of carbonyl (C=O) groups is 1. The summed E-state index contributed by atoms with van der Waals surface area (Å²) >= 11 is 3.47. The zero-order valence-electron chi connectivity index (χ0n) is 11.6. The van der Waals surface area contributed by atoms with Crippen molar-refractivity contribution >= 4 is 21.8 Å². The SMILES string of the molecule is CC(N)Cc1cccc(Br)c1OCCC(=O)N(C)C. The topological polar surface area (TPSA) is 55.6 Å². The first kappa shape index (κ1) is 16.0. The minimum atomic E-state index is 0.0563. The molecule has 1 aromatic carbocycles. The number of hydrogen-bond donors (Lipinski definition) is 1. The maximum Gasteiger partial charge on any atom is 0.225 e. The number of nitrogens with zero attached hydrogens (tertiary/aromatic N) is 1. The van der Waals surface area contributed by atoms with Crippen molar-refractivity contribution < 1.29 is 9.53 Å². The van der Waals surface area contributed by atoms with E-state index in [2.05, 4.69) is 15.9 Å². The predicted octanol–water partition coefficient (Wildman–Crippen LogP) is 2.20. The molecule has 0 heterocycles. The third-order valence-corrected chi connectivity index (χ3v) is 3.28. The Bertz CT molecular complexity index is 433. The Balaban J connectivity index is 2.68. The highest BCUT2D eigenvalue weighted by Crippen LogP contribution is 2.30. The molecule has 1 aromatic rings. The fraction of sp³-hybridized carbons (Fsp3) is 0.500. The van der Waals surface area contributed by atoms with Crippen LogP contribution in [0.25, 0.3) is 0 Å². The lowest BCUT2D eigenvalue weighted by molar-refractivity contribution is -0.129. The van der Waals surface area contributed by atoms with Gasteiger partial charge in [-0.2, -0.15) is 0 Å². The van der Waals surface area contributed by atoms with Gasteiger partial charge in [0.05, 0.1) is 17.5 Å². The molecule has 0 aliphatic rings. The van der Waals surface area contributed by atoms with Crippen molar-refractivity contribution in [3.8, 4) is 5.75 Å². The number of amides is 1. The average molecular weight is 329 g/mol. The van der Waals surface area contributed by atoms with Crippen LogP contribution in [-0.2, 0) is 11.2 Å². The molecule has 0 fully saturated rings. The van der Waals surface area contributed by atoms with E-state index < -0.39 is 0 Å². The third-order valence-electron chi connectivity index (χ3n) is 2.65. The molecule has 0 bridgehead atoms. The van der Waals surface area contributed by atoms with Crippen LogP contribution >= 0.6 is 15.9 Å². The summed E-state index contributed by atoms with van der Waals surface area (Å²) in [5.74, 6) is 0.840. The summed E-state index contributed by atoms with van der Waals surface area (Å²) in [7, 11) is 3.48. The van der Waals surface area contributed by atoms with E-state index in [0.29, 0.717) is 13.0 Å². The molecular formula is C14H21BrN2O2. The first-order chi connectivity index (χ1) is 8.91. The van der Waals surface area contributed by atoms with E-state index in [1.807, 2.05) is 25.1 Å². The number of halogens is 1. The van der Waals surface area contributed by atoms with E-state index in [1.165, 1.54) is 0 Å². The van der Waals surface area contributed by atoms with Gasteiger partial charge >= 0.3 is 0 Å². The summed E-state index contributed by atoms with van der Waals surface area (Å²) in [5.41, 5.74) is 6.89. The monoisotopic (exact) mass is 328 g/mol. The number of ether oxygens (including phenoxy) is 1. The Morgan fingerprint density at radius 1 is 1.47 bits per heavy atom. The first-order valence-corrected chi connectivity index (χ1v) is 7.07. The van der Waals surface area contributed by atoms with Gasteiger partial charge in [0.2, 0.25) is 5.91 Å². The fourth-order valence-electron chi connectivity index (χ4n) is 1.69. The van der Waals surface area contributed by atoms with Gasteiger partial charge in [0.1, 0.15) is 5.75 Å². The van der Waals surface area contributed by atoms with Gasteiger partial charge in [-0.05, 0) is 40.9 Å². The Morgan fingerprint density at radius 3 is 2.74 bits per heavy atom. The molecule has 0 aromatic heterocycles. The van der Waals surface area contributed by atoms with Crippen LogP contribution in [0.4, 0.5) is 0 Å². The van der Waals surface area contributed by atoms with Crippen LogP contribution in [0.3, 0.4) is 0 Å². The minimum Gasteiger partial charge on any atom is -0.492 e. The van der Waals surface area contributed by atoms with Crippen LogP contribution in [0.15, 0.2) is 22.7 Å². The largest absolute Gasteiger partial charge is 0.492 e. The average Bonchev–Trinajstić information content (AvgIpc) is 2.31. The maximum atomic E-state index is 11.5. The lowest BCUT2D eigenvalue weighted by atomic mass is 10.1. The molecule has 0 radical (unpaired) electrons. The zero-order chi connectivity index (χ0) is 14.4. The van der Waals surface area contributed by atoms with Gasteiger partial charge in [-0.15, -0.1) is 0 Å². The Kier molecular flexibility index (Phi) is 6.31. The summed E-state index contributed by atoms with van der Waals surface area (Å²) in [6.45, 7) is 2.33. The van der Waals surface area contributed by atoms with Crippen molar-refractivity contribution in [2.45, 2.75) is 25.8 Å². The van der Waals surface area contributed by atoms with Crippen molar-refractivity contribution in [2.24, 2.45) is 5.73 Å². The molecule has 0 aliphatic heterocycles. The van der Waals surface area contributed by atoms with E-state index in [4.69, 9.17) is 10.5 Å². The van der Waals surface area contributed by atoms with Crippen LogP contribution in [0.2, 0.25) is 0 Å². The number of rotatable bonds is 6.